The highest BCUT2D eigenvalue weighted by Crippen LogP contribution is 2.34. The lowest BCUT2D eigenvalue weighted by molar-refractivity contribution is 0.0601. The zero-order chi connectivity index (χ0) is 20.4. The molecule has 0 aliphatic carbocycles. The van der Waals surface area contributed by atoms with Crippen molar-refractivity contribution in [2.24, 2.45) is 0 Å². The number of aromatic nitrogens is 4. The zero-order valence-corrected chi connectivity index (χ0v) is 15.0. The van der Waals surface area contributed by atoms with Crippen LogP contribution in [0.25, 0.3) is 17.1 Å². The number of alkyl halides is 2. The molecule has 0 unspecified atom stereocenters. The summed E-state index contributed by atoms with van der Waals surface area (Å²) in [5.74, 6) is -0.512. The van der Waals surface area contributed by atoms with Crippen LogP contribution >= 0.6 is 0 Å². The fourth-order valence-corrected chi connectivity index (χ4v) is 2.51. The molecule has 0 saturated carbocycles. The summed E-state index contributed by atoms with van der Waals surface area (Å²) in [6.07, 6.45) is -0.533. The molecule has 0 bridgehead atoms. The summed E-state index contributed by atoms with van der Waals surface area (Å²) in [7, 11) is 2.45. The van der Waals surface area contributed by atoms with Crippen molar-refractivity contribution < 1.29 is 27.5 Å². The molecule has 0 fully saturated rings. The third kappa shape index (κ3) is 3.46. The Bertz CT molecular complexity index is 1090. The maximum atomic E-state index is 13.2. The molecule has 146 valence electrons. The minimum Gasteiger partial charge on any atom is -0.494 e. The van der Waals surface area contributed by atoms with Gasteiger partial charge in [0.1, 0.15) is 11.4 Å². The maximum absolute atomic E-state index is 13.2. The van der Waals surface area contributed by atoms with Gasteiger partial charge in [-0.25, -0.2) is 18.1 Å². The number of halogens is 2. The summed E-state index contributed by atoms with van der Waals surface area (Å²) in [5.41, 5.74) is -1.14. The van der Waals surface area contributed by atoms with Gasteiger partial charge in [0.25, 0.3) is 12.0 Å². The topological polar surface area (TPSA) is 109 Å². The summed E-state index contributed by atoms with van der Waals surface area (Å²) in [6, 6.07) is 1.91. The van der Waals surface area contributed by atoms with Crippen LogP contribution in [-0.2, 0) is 4.74 Å². The average Bonchev–Trinajstić information content (AvgIpc) is 3.12. The standard InChI is InChI=1S/C17H14F2N4O5/c1-8-21-22-17(28-8)23-7-11(10(5-14(23)24)16(25)27-3)9-4-12(15(18)19)20-6-13(9)26-2/h4-7,15H,1-3H3. The quantitative estimate of drug-likeness (QED) is 0.609. The minimum atomic E-state index is -2.85. The average molecular weight is 392 g/mol. The van der Waals surface area contributed by atoms with Crippen molar-refractivity contribution in [3.8, 4) is 22.9 Å². The SMILES string of the molecule is COC(=O)c1cc(=O)n(-c2nnc(C)o2)cc1-c1cc(C(F)F)ncc1OC. The van der Waals surface area contributed by atoms with E-state index in [1.165, 1.54) is 20.2 Å². The van der Waals surface area contributed by atoms with Crippen LogP contribution in [0.5, 0.6) is 5.75 Å². The van der Waals surface area contributed by atoms with E-state index < -0.39 is 23.6 Å². The van der Waals surface area contributed by atoms with Gasteiger partial charge in [0.05, 0.1) is 26.0 Å². The van der Waals surface area contributed by atoms with Gasteiger partial charge < -0.3 is 13.9 Å². The first-order chi connectivity index (χ1) is 13.3. The van der Waals surface area contributed by atoms with E-state index in [1.807, 2.05) is 0 Å². The molecule has 0 aliphatic rings. The van der Waals surface area contributed by atoms with Gasteiger partial charge in [-0.1, -0.05) is 5.10 Å². The van der Waals surface area contributed by atoms with Gasteiger partial charge in [0, 0.05) is 30.3 Å². The van der Waals surface area contributed by atoms with E-state index >= 15 is 0 Å². The predicted octanol–water partition coefficient (Wildman–Crippen LogP) is 2.32. The van der Waals surface area contributed by atoms with Crippen molar-refractivity contribution in [2.75, 3.05) is 14.2 Å². The zero-order valence-electron chi connectivity index (χ0n) is 15.0. The van der Waals surface area contributed by atoms with Crippen LogP contribution in [-0.4, -0.2) is 39.9 Å². The van der Waals surface area contributed by atoms with Crippen molar-refractivity contribution in [1.29, 1.82) is 0 Å². The Morgan fingerprint density at radius 2 is 1.96 bits per heavy atom. The van der Waals surface area contributed by atoms with E-state index in [9.17, 15) is 18.4 Å². The maximum Gasteiger partial charge on any atom is 0.338 e. The van der Waals surface area contributed by atoms with Crippen molar-refractivity contribution in [1.82, 2.24) is 19.7 Å². The second-order valence-corrected chi connectivity index (χ2v) is 5.51. The number of rotatable bonds is 5. The highest BCUT2D eigenvalue weighted by Gasteiger charge is 2.23. The normalized spacial score (nSPS) is 10.9. The molecular formula is C17H14F2N4O5. The summed E-state index contributed by atoms with van der Waals surface area (Å²) in [6.45, 7) is 1.53. The number of carbonyl (C=O) groups excluding carboxylic acids is 1. The fraction of sp³-hybridized carbons (Fsp3) is 0.235. The number of carbonyl (C=O) groups is 1. The lowest BCUT2D eigenvalue weighted by atomic mass is 10.0. The molecule has 9 nitrogen and oxygen atoms in total. The minimum absolute atomic E-state index is 0.0865. The lowest BCUT2D eigenvalue weighted by Crippen LogP contribution is -2.21. The molecule has 0 amide bonds. The number of nitrogens with zero attached hydrogens (tertiary/aromatic N) is 4. The Labute approximate surface area is 156 Å². The van der Waals surface area contributed by atoms with E-state index in [2.05, 4.69) is 15.2 Å². The Balaban J connectivity index is 2.33. The molecule has 3 aromatic heterocycles. The smallest absolute Gasteiger partial charge is 0.338 e. The number of esters is 1. The Hall–Kier alpha value is -3.63. The molecule has 3 rings (SSSR count). The monoisotopic (exact) mass is 392 g/mol. The molecule has 3 heterocycles. The third-order valence-electron chi connectivity index (χ3n) is 3.80. The number of methoxy groups -OCH3 is 2. The molecule has 0 saturated heterocycles. The van der Waals surface area contributed by atoms with Gasteiger partial charge in [0.2, 0.25) is 5.89 Å². The molecule has 0 spiro atoms. The van der Waals surface area contributed by atoms with Gasteiger partial charge in [-0.15, -0.1) is 5.10 Å². The largest absolute Gasteiger partial charge is 0.494 e. The van der Waals surface area contributed by atoms with Crippen molar-refractivity contribution in [3.63, 3.8) is 0 Å². The van der Waals surface area contributed by atoms with Crippen LogP contribution in [0.1, 0.15) is 28.4 Å². The second-order valence-electron chi connectivity index (χ2n) is 5.51. The fourth-order valence-electron chi connectivity index (χ4n) is 2.51. The number of hydrogen-bond acceptors (Lipinski definition) is 8. The number of pyridine rings is 2. The number of ether oxygens (including phenoxy) is 2. The molecule has 11 heteroatoms. The highest BCUT2D eigenvalue weighted by atomic mass is 19.3. The van der Waals surface area contributed by atoms with E-state index in [0.29, 0.717) is 0 Å². The summed E-state index contributed by atoms with van der Waals surface area (Å²) in [4.78, 5) is 28.3. The van der Waals surface area contributed by atoms with Gasteiger partial charge >= 0.3 is 12.0 Å². The van der Waals surface area contributed by atoms with Crippen LogP contribution in [0.4, 0.5) is 8.78 Å². The molecule has 28 heavy (non-hydrogen) atoms. The third-order valence-corrected chi connectivity index (χ3v) is 3.80. The first-order valence-electron chi connectivity index (χ1n) is 7.83. The second kappa shape index (κ2) is 7.55. The van der Waals surface area contributed by atoms with Crippen LogP contribution in [0.3, 0.4) is 0 Å². The Morgan fingerprint density at radius 3 is 2.54 bits per heavy atom. The number of hydrogen-bond donors (Lipinski definition) is 0. The highest BCUT2D eigenvalue weighted by molar-refractivity contribution is 5.97. The van der Waals surface area contributed by atoms with Crippen LogP contribution < -0.4 is 10.3 Å². The molecule has 0 atom stereocenters. The van der Waals surface area contributed by atoms with Gasteiger partial charge in [-0.05, 0) is 6.07 Å². The molecule has 3 aromatic rings. The molecular weight excluding hydrogens is 378 g/mol. The first-order valence-corrected chi connectivity index (χ1v) is 7.83. The summed E-state index contributed by atoms with van der Waals surface area (Å²) < 4.78 is 42.4. The summed E-state index contributed by atoms with van der Waals surface area (Å²) >= 11 is 0. The predicted molar refractivity (Wildman–Crippen MR) is 90.7 cm³/mol. The van der Waals surface area contributed by atoms with Gasteiger partial charge in [-0.2, -0.15) is 0 Å². The van der Waals surface area contributed by atoms with Crippen LogP contribution in [0.15, 0.2) is 33.7 Å². The van der Waals surface area contributed by atoms with Crippen LogP contribution in [0.2, 0.25) is 0 Å². The van der Waals surface area contributed by atoms with Gasteiger partial charge in [0.15, 0.2) is 0 Å². The Kier molecular flexibility index (Phi) is 5.16. The molecule has 0 aromatic carbocycles. The lowest BCUT2D eigenvalue weighted by Gasteiger charge is -2.14. The van der Waals surface area contributed by atoms with E-state index in [-0.39, 0.29) is 34.3 Å². The van der Waals surface area contributed by atoms with E-state index in [1.54, 1.807) is 0 Å². The molecule has 0 N–H and O–H groups in total. The van der Waals surface area contributed by atoms with E-state index in [0.717, 1.165) is 30.0 Å². The molecule has 0 aliphatic heterocycles. The van der Waals surface area contributed by atoms with Crippen molar-refractivity contribution in [3.05, 3.63) is 52.0 Å². The Morgan fingerprint density at radius 1 is 1.21 bits per heavy atom. The molecule has 0 radical (unpaired) electrons. The van der Waals surface area contributed by atoms with Gasteiger partial charge in [-0.3, -0.25) is 9.78 Å². The number of aryl methyl sites for hydroxylation is 1. The first kappa shape index (κ1) is 19.1. The van der Waals surface area contributed by atoms with E-state index in [4.69, 9.17) is 13.9 Å². The summed E-state index contributed by atoms with van der Waals surface area (Å²) in [5, 5.41) is 7.41. The van der Waals surface area contributed by atoms with Crippen molar-refractivity contribution in [2.45, 2.75) is 13.3 Å². The van der Waals surface area contributed by atoms with Crippen LogP contribution in [0, 0.1) is 6.92 Å². The van der Waals surface area contributed by atoms with Crippen molar-refractivity contribution >= 4 is 5.97 Å².